The second-order valence-corrected chi connectivity index (χ2v) is 11.4. The Labute approximate surface area is 260 Å². The highest BCUT2D eigenvalue weighted by Gasteiger charge is 2.14. The number of hydrogen-bond donors (Lipinski definition) is 0. The fraction of sp³-hybridized carbons (Fsp3) is 0.0698. The molecular formula is C43H35N. The summed E-state index contributed by atoms with van der Waals surface area (Å²) in [7, 11) is 0. The summed E-state index contributed by atoms with van der Waals surface area (Å²) in [6, 6.07) is 59.5. The van der Waals surface area contributed by atoms with Crippen LogP contribution in [0.3, 0.4) is 0 Å². The maximum atomic E-state index is 2.38. The lowest BCUT2D eigenvalue weighted by atomic mass is 9.88. The Hall–Kier alpha value is -5.40. The molecule has 0 aliphatic carbocycles. The van der Waals surface area contributed by atoms with E-state index < -0.39 is 0 Å². The number of aryl methyl sites for hydroxylation is 1. The van der Waals surface area contributed by atoms with E-state index in [0.717, 1.165) is 6.54 Å². The van der Waals surface area contributed by atoms with E-state index in [4.69, 9.17) is 0 Å². The van der Waals surface area contributed by atoms with Crippen LogP contribution in [0.2, 0.25) is 0 Å². The zero-order valence-corrected chi connectivity index (χ0v) is 25.2. The van der Waals surface area contributed by atoms with Crippen LogP contribution in [0.4, 0.5) is 11.4 Å². The number of anilines is 2. The molecule has 0 bridgehead atoms. The molecule has 0 heterocycles. The Balaban J connectivity index is 1.27. The SMILES string of the molecule is CCN(c1ccc(-c2ccc3cc(-c4ccccc4)ccc3c2-c2ccccc2)cc1)c1cccc(-c2cccc(C)c2)c1. The molecule has 0 saturated carbocycles. The summed E-state index contributed by atoms with van der Waals surface area (Å²) in [6.45, 7) is 5.24. The molecule has 0 aliphatic heterocycles. The molecule has 0 amide bonds. The molecule has 0 N–H and O–H groups in total. The molecule has 0 aliphatic rings. The summed E-state index contributed by atoms with van der Waals surface area (Å²) in [5, 5.41) is 2.51. The van der Waals surface area contributed by atoms with Crippen molar-refractivity contribution >= 4 is 22.1 Å². The third kappa shape index (κ3) is 5.41. The molecule has 212 valence electrons. The van der Waals surface area contributed by atoms with E-state index in [-0.39, 0.29) is 0 Å². The lowest BCUT2D eigenvalue weighted by molar-refractivity contribution is 1.02. The molecule has 0 unspecified atom stereocenters. The monoisotopic (exact) mass is 565 g/mol. The first-order valence-electron chi connectivity index (χ1n) is 15.4. The van der Waals surface area contributed by atoms with Crippen LogP contribution >= 0.6 is 0 Å². The van der Waals surface area contributed by atoms with Gasteiger partial charge in [0, 0.05) is 17.9 Å². The van der Waals surface area contributed by atoms with Crippen molar-refractivity contribution in [3.8, 4) is 44.5 Å². The van der Waals surface area contributed by atoms with E-state index in [1.807, 2.05) is 0 Å². The molecule has 0 aromatic heterocycles. The number of benzene rings is 7. The van der Waals surface area contributed by atoms with Gasteiger partial charge in [-0.25, -0.2) is 0 Å². The molecule has 1 heteroatoms. The Morgan fingerprint density at radius 2 is 1.05 bits per heavy atom. The van der Waals surface area contributed by atoms with Crippen molar-refractivity contribution in [3.05, 3.63) is 169 Å². The van der Waals surface area contributed by atoms with Gasteiger partial charge in [-0.05, 0) is 99.5 Å². The maximum absolute atomic E-state index is 2.38. The molecule has 7 aromatic carbocycles. The Kier molecular flexibility index (Phi) is 7.53. The molecule has 0 spiro atoms. The van der Waals surface area contributed by atoms with E-state index in [0.29, 0.717) is 0 Å². The van der Waals surface area contributed by atoms with Crippen LogP contribution < -0.4 is 4.90 Å². The van der Waals surface area contributed by atoms with Crippen molar-refractivity contribution < 1.29 is 0 Å². The number of fused-ring (bicyclic) bond motifs is 1. The van der Waals surface area contributed by atoms with Crippen LogP contribution in [0.5, 0.6) is 0 Å². The van der Waals surface area contributed by atoms with E-state index >= 15 is 0 Å². The van der Waals surface area contributed by atoms with Gasteiger partial charge in [-0.2, -0.15) is 0 Å². The van der Waals surface area contributed by atoms with Gasteiger partial charge in [0.05, 0.1) is 0 Å². The molecule has 0 saturated heterocycles. The molecule has 44 heavy (non-hydrogen) atoms. The third-order valence-electron chi connectivity index (χ3n) is 8.50. The summed E-state index contributed by atoms with van der Waals surface area (Å²) in [4.78, 5) is 2.38. The van der Waals surface area contributed by atoms with Crippen molar-refractivity contribution in [2.45, 2.75) is 13.8 Å². The number of rotatable bonds is 7. The van der Waals surface area contributed by atoms with Crippen LogP contribution in [-0.4, -0.2) is 6.54 Å². The first-order valence-corrected chi connectivity index (χ1v) is 15.4. The smallest absolute Gasteiger partial charge is 0.0416 e. The lowest BCUT2D eigenvalue weighted by Gasteiger charge is -2.24. The van der Waals surface area contributed by atoms with Crippen LogP contribution in [-0.2, 0) is 0 Å². The number of hydrogen-bond acceptors (Lipinski definition) is 1. The Morgan fingerprint density at radius 1 is 0.432 bits per heavy atom. The fourth-order valence-electron chi connectivity index (χ4n) is 6.31. The van der Waals surface area contributed by atoms with Gasteiger partial charge in [-0.3, -0.25) is 0 Å². The van der Waals surface area contributed by atoms with Crippen LogP contribution in [0, 0.1) is 6.92 Å². The first-order chi connectivity index (χ1) is 21.7. The average Bonchev–Trinajstić information content (AvgIpc) is 3.09. The van der Waals surface area contributed by atoms with Gasteiger partial charge in [-0.15, -0.1) is 0 Å². The predicted molar refractivity (Wildman–Crippen MR) is 190 cm³/mol. The van der Waals surface area contributed by atoms with Gasteiger partial charge in [0.1, 0.15) is 0 Å². The molecule has 1 nitrogen and oxygen atoms in total. The highest BCUT2D eigenvalue weighted by molar-refractivity contribution is 6.05. The zero-order chi connectivity index (χ0) is 29.9. The summed E-state index contributed by atoms with van der Waals surface area (Å²) >= 11 is 0. The highest BCUT2D eigenvalue weighted by Crippen LogP contribution is 2.40. The van der Waals surface area contributed by atoms with Crippen molar-refractivity contribution in [2.24, 2.45) is 0 Å². The normalized spacial score (nSPS) is 11.0. The van der Waals surface area contributed by atoms with Gasteiger partial charge in [0.2, 0.25) is 0 Å². The second kappa shape index (κ2) is 12.1. The summed E-state index contributed by atoms with van der Waals surface area (Å²) in [5.74, 6) is 0. The van der Waals surface area contributed by atoms with E-state index in [9.17, 15) is 0 Å². The van der Waals surface area contributed by atoms with Gasteiger partial charge >= 0.3 is 0 Å². The second-order valence-electron chi connectivity index (χ2n) is 11.4. The molecule has 0 fully saturated rings. The van der Waals surface area contributed by atoms with Crippen LogP contribution in [0.1, 0.15) is 12.5 Å². The van der Waals surface area contributed by atoms with Gasteiger partial charge in [0.15, 0.2) is 0 Å². The molecule has 0 radical (unpaired) electrons. The van der Waals surface area contributed by atoms with E-state index in [1.54, 1.807) is 0 Å². The minimum Gasteiger partial charge on any atom is -0.342 e. The van der Waals surface area contributed by atoms with E-state index in [1.165, 1.54) is 72.2 Å². The summed E-state index contributed by atoms with van der Waals surface area (Å²) in [6.07, 6.45) is 0. The van der Waals surface area contributed by atoms with Crippen LogP contribution in [0.25, 0.3) is 55.3 Å². The fourth-order valence-corrected chi connectivity index (χ4v) is 6.31. The highest BCUT2D eigenvalue weighted by atomic mass is 15.1. The van der Waals surface area contributed by atoms with Crippen molar-refractivity contribution in [1.82, 2.24) is 0 Å². The van der Waals surface area contributed by atoms with Gasteiger partial charge in [0.25, 0.3) is 0 Å². The predicted octanol–water partition coefficient (Wildman–Crippen LogP) is 12.0. The molecular weight excluding hydrogens is 530 g/mol. The molecule has 7 rings (SSSR count). The summed E-state index contributed by atoms with van der Waals surface area (Å²) < 4.78 is 0. The van der Waals surface area contributed by atoms with Gasteiger partial charge < -0.3 is 4.90 Å². The average molecular weight is 566 g/mol. The van der Waals surface area contributed by atoms with Crippen LogP contribution in [0.15, 0.2) is 164 Å². The van der Waals surface area contributed by atoms with Crippen molar-refractivity contribution in [1.29, 1.82) is 0 Å². The Morgan fingerprint density at radius 3 is 1.75 bits per heavy atom. The van der Waals surface area contributed by atoms with Crippen molar-refractivity contribution in [3.63, 3.8) is 0 Å². The first kappa shape index (κ1) is 27.4. The zero-order valence-electron chi connectivity index (χ0n) is 25.2. The Bertz CT molecular complexity index is 2040. The third-order valence-corrected chi connectivity index (χ3v) is 8.50. The standard InChI is InChI=1S/C43H35N/c1-3-44(40-19-11-18-36(30-40)35-17-10-12-31(2)28-35)39-24-20-33(21-25-39)41-27-23-38-29-37(32-13-6-4-7-14-32)22-26-42(38)43(41)34-15-8-5-9-16-34/h4-30H,3H2,1-2H3. The van der Waals surface area contributed by atoms with E-state index in [2.05, 4.69) is 183 Å². The topological polar surface area (TPSA) is 3.24 Å². The maximum Gasteiger partial charge on any atom is 0.0416 e. The van der Waals surface area contributed by atoms with Gasteiger partial charge in [-0.1, -0.05) is 139 Å². The number of nitrogens with zero attached hydrogens (tertiary/aromatic N) is 1. The quantitative estimate of drug-likeness (QED) is 0.186. The largest absolute Gasteiger partial charge is 0.342 e. The minimum absolute atomic E-state index is 0.881. The molecule has 7 aromatic rings. The lowest BCUT2D eigenvalue weighted by Crippen LogP contribution is -2.15. The molecule has 0 atom stereocenters. The van der Waals surface area contributed by atoms with Crippen molar-refractivity contribution in [2.75, 3.05) is 11.4 Å². The minimum atomic E-state index is 0.881. The summed E-state index contributed by atoms with van der Waals surface area (Å²) in [5.41, 5.74) is 13.6.